The van der Waals surface area contributed by atoms with Gasteiger partial charge in [0.1, 0.15) is 12.6 Å². The van der Waals surface area contributed by atoms with Gasteiger partial charge in [0.2, 0.25) is 17.7 Å². The van der Waals surface area contributed by atoms with E-state index in [4.69, 9.17) is 19.7 Å². The number of Topliss-reactive ketones (excluding diaryl/α,β-unsaturated/α-hetero) is 1. The van der Waals surface area contributed by atoms with Crippen molar-refractivity contribution in [1.29, 1.82) is 0 Å². The Balaban J connectivity index is 3.80. The Morgan fingerprint density at radius 1 is 0.500 bits per heavy atom. The van der Waals surface area contributed by atoms with Crippen molar-refractivity contribution in [3.05, 3.63) is 0 Å². The highest BCUT2D eigenvalue weighted by Crippen LogP contribution is 2.14. The molecule has 0 aliphatic heterocycles. The van der Waals surface area contributed by atoms with Crippen molar-refractivity contribution in [2.75, 3.05) is 33.0 Å². The second-order valence-electron chi connectivity index (χ2n) is 12.5. The third-order valence-corrected chi connectivity index (χ3v) is 7.98. The Morgan fingerprint density at radius 3 is 1.46 bits per heavy atom. The van der Waals surface area contributed by atoms with Gasteiger partial charge in [0.15, 0.2) is 5.78 Å². The third kappa shape index (κ3) is 30.5. The van der Waals surface area contributed by atoms with Crippen LogP contribution in [0.4, 0.5) is 0 Å². The summed E-state index contributed by atoms with van der Waals surface area (Å²) in [6, 6.07) is -2.05. The summed E-state index contributed by atoms with van der Waals surface area (Å²) in [7, 11) is 0. The van der Waals surface area contributed by atoms with E-state index in [1.54, 1.807) is 0 Å². The van der Waals surface area contributed by atoms with Crippen LogP contribution in [0.2, 0.25) is 0 Å². The number of unbranched alkanes of at least 4 members (excludes halogenated alkanes) is 13. The van der Waals surface area contributed by atoms with Gasteiger partial charge in [-0.15, -0.1) is 0 Å². The molecule has 0 radical (unpaired) electrons. The number of ketones is 1. The zero-order valence-electron chi connectivity index (χ0n) is 29.8. The lowest BCUT2D eigenvalue weighted by Gasteiger charge is -2.15. The van der Waals surface area contributed by atoms with Gasteiger partial charge in [-0.3, -0.25) is 28.8 Å². The summed E-state index contributed by atoms with van der Waals surface area (Å²) in [4.78, 5) is 80.6. The van der Waals surface area contributed by atoms with E-state index in [1.165, 1.54) is 45.4 Å². The van der Waals surface area contributed by atoms with Gasteiger partial charge in [-0.25, -0.2) is 4.79 Å². The number of carboxylic acids is 3. The van der Waals surface area contributed by atoms with E-state index in [0.29, 0.717) is 6.42 Å². The van der Waals surface area contributed by atoms with Crippen LogP contribution < -0.4 is 16.0 Å². The van der Waals surface area contributed by atoms with Crippen LogP contribution in [0, 0.1) is 0 Å². The van der Waals surface area contributed by atoms with Crippen LogP contribution in [0.5, 0.6) is 0 Å². The molecule has 288 valence electrons. The van der Waals surface area contributed by atoms with Crippen molar-refractivity contribution >= 4 is 41.4 Å². The second-order valence-corrected chi connectivity index (χ2v) is 12.5. The normalized spacial score (nSPS) is 12.1. The molecule has 1 unspecified atom stereocenters. The Morgan fingerprint density at radius 2 is 0.960 bits per heavy atom. The highest BCUT2D eigenvalue weighted by atomic mass is 16.5. The van der Waals surface area contributed by atoms with Crippen LogP contribution in [-0.4, -0.2) is 102 Å². The Labute approximate surface area is 296 Å². The van der Waals surface area contributed by atoms with E-state index in [2.05, 4.69) is 16.0 Å². The molecule has 0 bridgehead atoms. The van der Waals surface area contributed by atoms with Crippen LogP contribution in [-0.2, 0) is 43.0 Å². The number of nitrogens with one attached hydrogen (secondary N) is 3. The van der Waals surface area contributed by atoms with Crippen LogP contribution in [0.25, 0.3) is 0 Å². The van der Waals surface area contributed by atoms with E-state index in [0.717, 1.165) is 44.9 Å². The van der Waals surface area contributed by atoms with E-state index in [1.807, 2.05) is 0 Å². The molecule has 2 atom stereocenters. The molecule has 0 spiro atoms. The van der Waals surface area contributed by atoms with Crippen molar-refractivity contribution in [2.24, 2.45) is 0 Å². The van der Waals surface area contributed by atoms with Gasteiger partial charge >= 0.3 is 17.9 Å². The first-order valence-electron chi connectivity index (χ1n) is 18.1. The lowest BCUT2D eigenvalue weighted by Crippen LogP contribution is -2.42. The molecule has 0 aliphatic rings. The fourth-order valence-corrected chi connectivity index (χ4v) is 5.10. The minimum atomic E-state index is -1.20. The average Bonchev–Trinajstić information content (AvgIpc) is 3.05. The number of carbonyl (C=O) groups is 7. The molecule has 50 heavy (non-hydrogen) atoms. The molecule has 0 aliphatic carbocycles. The monoisotopic (exact) mass is 715 g/mol. The van der Waals surface area contributed by atoms with Gasteiger partial charge in [0.25, 0.3) is 0 Å². The number of hydrogen-bond acceptors (Lipinski definition) is 9. The smallest absolute Gasteiger partial charge is 0.326 e. The third-order valence-electron chi connectivity index (χ3n) is 7.98. The number of hydrogen-bond donors (Lipinski definition) is 6. The summed E-state index contributed by atoms with van der Waals surface area (Å²) in [5.41, 5.74) is 0. The highest BCUT2D eigenvalue weighted by molar-refractivity contribution is 5.88. The van der Waals surface area contributed by atoms with Crippen molar-refractivity contribution in [3.8, 4) is 0 Å². The van der Waals surface area contributed by atoms with Crippen LogP contribution >= 0.6 is 0 Å². The largest absolute Gasteiger partial charge is 0.481 e. The van der Waals surface area contributed by atoms with E-state index >= 15 is 0 Å². The molecule has 0 fully saturated rings. The molecule has 6 N–H and O–H groups in total. The number of ether oxygens (including phenoxy) is 2. The van der Waals surface area contributed by atoms with E-state index in [9.17, 15) is 38.7 Å². The first-order chi connectivity index (χ1) is 23.9. The fraction of sp³-hybridized carbons (Fsp3) is 0.800. The average molecular weight is 716 g/mol. The molecule has 0 rings (SSSR count). The molecule has 0 heterocycles. The summed E-state index contributed by atoms with van der Waals surface area (Å²) in [5, 5.41) is 34.4. The summed E-state index contributed by atoms with van der Waals surface area (Å²) < 4.78 is 10.5. The summed E-state index contributed by atoms with van der Waals surface area (Å²) >= 11 is 0. The van der Waals surface area contributed by atoms with Gasteiger partial charge in [-0.05, 0) is 32.6 Å². The van der Waals surface area contributed by atoms with E-state index in [-0.39, 0.29) is 89.1 Å². The first-order valence-corrected chi connectivity index (χ1v) is 18.1. The van der Waals surface area contributed by atoms with Gasteiger partial charge < -0.3 is 40.7 Å². The first kappa shape index (κ1) is 46.4. The predicted molar refractivity (Wildman–Crippen MR) is 184 cm³/mol. The maximum absolute atomic E-state index is 12.3. The number of aliphatic carboxylic acids is 3. The summed E-state index contributed by atoms with van der Waals surface area (Å²) in [5.74, 6) is -4.61. The zero-order valence-corrected chi connectivity index (χ0v) is 29.8. The number of carbonyl (C=O) groups excluding carboxylic acids is 4. The molecule has 0 saturated heterocycles. The van der Waals surface area contributed by atoms with Crippen molar-refractivity contribution in [3.63, 3.8) is 0 Å². The molecular formula is C35H61N3O12. The number of amides is 3. The lowest BCUT2D eigenvalue weighted by atomic mass is 10.0. The van der Waals surface area contributed by atoms with Gasteiger partial charge in [-0.2, -0.15) is 0 Å². The zero-order chi connectivity index (χ0) is 37.4. The van der Waals surface area contributed by atoms with Crippen LogP contribution in [0.3, 0.4) is 0 Å². The molecule has 0 aromatic heterocycles. The highest BCUT2D eigenvalue weighted by Gasteiger charge is 2.21. The van der Waals surface area contributed by atoms with Crippen LogP contribution in [0.15, 0.2) is 0 Å². The Bertz CT molecular complexity index is 1010. The fourth-order valence-electron chi connectivity index (χ4n) is 5.10. The molecule has 0 aromatic carbocycles. The maximum atomic E-state index is 12.3. The van der Waals surface area contributed by atoms with Gasteiger partial charge in [0, 0.05) is 32.2 Å². The quantitative estimate of drug-likeness (QED) is 0.0515. The summed E-state index contributed by atoms with van der Waals surface area (Å²) in [6.07, 6.45) is 15.1. The second kappa shape index (κ2) is 31.4. The summed E-state index contributed by atoms with van der Waals surface area (Å²) in [6.45, 7) is 1.46. The number of rotatable bonds is 35. The lowest BCUT2D eigenvalue weighted by molar-refractivity contribution is -0.142. The molecule has 15 nitrogen and oxygen atoms in total. The van der Waals surface area contributed by atoms with Crippen molar-refractivity contribution in [1.82, 2.24) is 16.0 Å². The Kier molecular flexibility index (Phi) is 29.1. The molecular weight excluding hydrogens is 654 g/mol. The number of carboxylic acid groups (broad SMARTS) is 3. The predicted octanol–water partition coefficient (Wildman–Crippen LogP) is 3.75. The standard InChI is InChI=1S/C35H61N3O12/c1-27(39)28(19-21-34(45)46)37-32(42)26-50-25-24-49-23-22-36-30(40)20-18-29(35(47)48)38-31(41)16-14-12-10-8-6-4-2-3-5-7-9-11-13-15-17-33(43)44/h28-29H,2-26H2,1H3,(H,36,40)(H,37,42)(H,38,41)(H,43,44)(H,45,46)(H,47,48)/t28?,29-/m0/s1. The van der Waals surface area contributed by atoms with Gasteiger partial charge in [-0.1, -0.05) is 77.0 Å². The maximum Gasteiger partial charge on any atom is 0.326 e. The van der Waals surface area contributed by atoms with Crippen molar-refractivity contribution in [2.45, 2.75) is 147 Å². The molecule has 0 aromatic rings. The van der Waals surface area contributed by atoms with Crippen molar-refractivity contribution < 1.29 is 58.4 Å². The SMILES string of the molecule is CC(=O)C(CCC(=O)O)NC(=O)COCCOCCNC(=O)CC[C@H](NC(=O)CCCCCCCCCCCCCCCCC(=O)O)C(=O)O. The molecule has 3 amide bonds. The Hall–Kier alpha value is -3.59. The van der Waals surface area contributed by atoms with Gasteiger partial charge in [0.05, 0.1) is 25.9 Å². The topological polar surface area (TPSA) is 235 Å². The molecule has 15 heteroatoms. The van der Waals surface area contributed by atoms with Crippen LogP contribution in [0.1, 0.15) is 135 Å². The molecule has 0 saturated carbocycles. The van der Waals surface area contributed by atoms with E-state index < -0.39 is 35.9 Å². The minimum Gasteiger partial charge on any atom is -0.481 e. The minimum absolute atomic E-state index is 0.0110.